The molecule has 1 heterocycles. The van der Waals surface area contributed by atoms with E-state index in [4.69, 9.17) is 5.73 Å². The highest BCUT2D eigenvalue weighted by Gasteiger charge is 2.38. The van der Waals surface area contributed by atoms with E-state index < -0.39 is 0 Å². The molecule has 2 rings (SSSR count). The average molecular weight is 232 g/mol. The van der Waals surface area contributed by atoms with E-state index in [9.17, 15) is 0 Å². The largest absolute Gasteiger partial charge is 0.323 e. The third kappa shape index (κ3) is 2.70. The van der Waals surface area contributed by atoms with Crippen molar-refractivity contribution in [3.05, 3.63) is 34.9 Å². The molecule has 2 heteroatoms. The molecule has 0 amide bonds. The Morgan fingerprint density at radius 3 is 2.35 bits per heavy atom. The van der Waals surface area contributed by atoms with Crippen LogP contribution in [0.5, 0.6) is 0 Å². The smallest absolute Gasteiger partial charge is 0.0412 e. The van der Waals surface area contributed by atoms with E-state index in [0.29, 0.717) is 0 Å². The zero-order chi connectivity index (χ0) is 12.5. The van der Waals surface area contributed by atoms with Crippen molar-refractivity contribution in [1.82, 2.24) is 4.90 Å². The summed E-state index contributed by atoms with van der Waals surface area (Å²) in [5.41, 5.74) is 10.7. The minimum atomic E-state index is 0.0886. The van der Waals surface area contributed by atoms with Crippen LogP contribution in [0.1, 0.15) is 36.5 Å². The fraction of sp³-hybridized carbons (Fsp3) is 0.600. The van der Waals surface area contributed by atoms with Crippen LogP contribution in [0.2, 0.25) is 0 Å². The lowest BCUT2D eigenvalue weighted by Crippen LogP contribution is -2.66. The molecule has 1 aromatic carbocycles. The van der Waals surface area contributed by atoms with E-state index in [-0.39, 0.29) is 5.54 Å². The summed E-state index contributed by atoms with van der Waals surface area (Å²) in [7, 11) is 0. The van der Waals surface area contributed by atoms with Gasteiger partial charge in [0.05, 0.1) is 0 Å². The molecule has 1 aromatic rings. The van der Waals surface area contributed by atoms with Crippen molar-refractivity contribution in [3.63, 3.8) is 0 Å². The molecule has 0 aromatic heterocycles. The van der Waals surface area contributed by atoms with Gasteiger partial charge in [-0.2, -0.15) is 0 Å². The highest BCUT2D eigenvalue weighted by molar-refractivity contribution is 5.33. The zero-order valence-electron chi connectivity index (χ0n) is 11.3. The van der Waals surface area contributed by atoms with E-state index in [2.05, 4.69) is 43.9 Å². The van der Waals surface area contributed by atoms with Crippen LogP contribution in [0, 0.1) is 13.8 Å². The Morgan fingerprint density at radius 2 is 1.82 bits per heavy atom. The topological polar surface area (TPSA) is 29.3 Å². The van der Waals surface area contributed by atoms with Crippen molar-refractivity contribution in [2.45, 2.75) is 45.7 Å². The lowest BCUT2D eigenvalue weighted by atomic mass is 9.85. The van der Waals surface area contributed by atoms with Gasteiger partial charge in [0.15, 0.2) is 0 Å². The first kappa shape index (κ1) is 12.6. The maximum atomic E-state index is 6.29. The minimum absolute atomic E-state index is 0.0886. The van der Waals surface area contributed by atoms with Gasteiger partial charge in [-0.1, -0.05) is 31.5 Å². The summed E-state index contributed by atoms with van der Waals surface area (Å²) in [5, 5.41) is 0. The molecule has 1 aliphatic rings. The number of aryl methyl sites for hydroxylation is 2. The van der Waals surface area contributed by atoms with E-state index >= 15 is 0 Å². The number of benzene rings is 1. The van der Waals surface area contributed by atoms with Crippen molar-refractivity contribution in [3.8, 4) is 0 Å². The predicted octanol–water partition coefficient (Wildman–Crippen LogP) is 2.62. The molecule has 2 N–H and O–H groups in total. The number of likely N-dealkylation sites (tertiary alicyclic amines) is 1. The highest BCUT2D eigenvalue weighted by Crippen LogP contribution is 2.26. The van der Waals surface area contributed by atoms with Crippen LogP contribution in [-0.4, -0.2) is 23.5 Å². The monoisotopic (exact) mass is 232 g/mol. The fourth-order valence-corrected chi connectivity index (χ4v) is 2.93. The number of hydrogen-bond donors (Lipinski definition) is 1. The van der Waals surface area contributed by atoms with Gasteiger partial charge in [0, 0.05) is 25.2 Å². The van der Waals surface area contributed by atoms with Gasteiger partial charge in [-0.05, 0) is 37.0 Å². The predicted molar refractivity (Wildman–Crippen MR) is 73.0 cm³/mol. The summed E-state index contributed by atoms with van der Waals surface area (Å²) in [6, 6.07) is 6.53. The lowest BCUT2D eigenvalue weighted by molar-refractivity contribution is 0.0564. The van der Waals surface area contributed by atoms with Crippen molar-refractivity contribution in [2.24, 2.45) is 5.73 Å². The normalized spacial score (nSPS) is 19.1. The summed E-state index contributed by atoms with van der Waals surface area (Å²) in [6.07, 6.45) is 2.34. The summed E-state index contributed by atoms with van der Waals surface area (Å²) >= 11 is 0. The summed E-state index contributed by atoms with van der Waals surface area (Å²) in [6.45, 7) is 9.76. The Kier molecular flexibility index (Phi) is 3.55. The van der Waals surface area contributed by atoms with Gasteiger partial charge in [0.25, 0.3) is 0 Å². The quantitative estimate of drug-likeness (QED) is 0.864. The summed E-state index contributed by atoms with van der Waals surface area (Å²) in [4.78, 5) is 2.46. The van der Waals surface area contributed by atoms with Crippen LogP contribution in [-0.2, 0) is 6.54 Å². The van der Waals surface area contributed by atoms with Gasteiger partial charge in [0.2, 0.25) is 0 Å². The molecule has 0 unspecified atom stereocenters. The van der Waals surface area contributed by atoms with Gasteiger partial charge >= 0.3 is 0 Å². The average Bonchev–Trinajstić information content (AvgIpc) is 2.21. The molecule has 94 valence electrons. The first-order valence-electron chi connectivity index (χ1n) is 6.60. The van der Waals surface area contributed by atoms with Gasteiger partial charge in [-0.3, -0.25) is 4.90 Å². The molecule has 17 heavy (non-hydrogen) atoms. The van der Waals surface area contributed by atoms with Crippen LogP contribution in [0.3, 0.4) is 0 Å². The highest BCUT2D eigenvalue weighted by atomic mass is 15.2. The van der Waals surface area contributed by atoms with E-state index in [1.807, 2.05) is 0 Å². The van der Waals surface area contributed by atoms with Crippen molar-refractivity contribution in [1.29, 1.82) is 0 Å². The Bertz CT molecular complexity index is 372. The van der Waals surface area contributed by atoms with Crippen LogP contribution >= 0.6 is 0 Å². The molecule has 1 aliphatic heterocycles. The van der Waals surface area contributed by atoms with Crippen LogP contribution in [0.25, 0.3) is 0 Å². The Morgan fingerprint density at radius 1 is 1.24 bits per heavy atom. The van der Waals surface area contributed by atoms with Gasteiger partial charge in [-0.15, -0.1) is 0 Å². The standard InChI is InChI=1S/C15H24N2/c1-4-8-15(16)10-17(11-15)9-14-12(2)6-5-7-13(14)3/h5-7H,4,8-11,16H2,1-3H3. The maximum absolute atomic E-state index is 6.29. The first-order chi connectivity index (χ1) is 8.04. The second kappa shape index (κ2) is 4.79. The molecular formula is C15H24N2. The van der Waals surface area contributed by atoms with Gasteiger partial charge in [-0.25, -0.2) is 0 Å². The molecule has 0 spiro atoms. The van der Waals surface area contributed by atoms with Crippen LogP contribution < -0.4 is 5.73 Å². The van der Waals surface area contributed by atoms with Crippen LogP contribution in [0.4, 0.5) is 0 Å². The van der Waals surface area contributed by atoms with E-state index in [0.717, 1.165) is 26.1 Å². The van der Waals surface area contributed by atoms with Gasteiger partial charge < -0.3 is 5.73 Å². The molecule has 0 atom stereocenters. The fourth-order valence-electron chi connectivity index (χ4n) is 2.93. The Hall–Kier alpha value is -0.860. The van der Waals surface area contributed by atoms with Crippen molar-refractivity contribution in [2.75, 3.05) is 13.1 Å². The zero-order valence-corrected chi connectivity index (χ0v) is 11.3. The molecule has 0 bridgehead atoms. The second-order valence-electron chi connectivity index (χ2n) is 5.63. The lowest BCUT2D eigenvalue weighted by Gasteiger charge is -2.48. The summed E-state index contributed by atoms with van der Waals surface area (Å²) < 4.78 is 0. The maximum Gasteiger partial charge on any atom is 0.0412 e. The van der Waals surface area contributed by atoms with Crippen molar-refractivity contribution >= 4 is 0 Å². The molecule has 2 nitrogen and oxygen atoms in total. The second-order valence-corrected chi connectivity index (χ2v) is 5.63. The third-order valence-electron chi connectivity index (χ3n) is 3.85. The SMILES string of the molecule is CCCC1(N)CN(Cc2c(C)cccc2C)C1. The molecule has 1 fully saturated rings. The van der Waals surface area contributed by atoms with E-state index in [1.165, 1.54) is 23.1 Å². The number of hydrogen-bond acceptors (Lipinski definition) is 2. The van der Waals surface area contributed by atoms with E-state index in [1.54, 1.807) is 0 Å². The number of rotatable bonds is 4. The molecule has 0 saturated carbocycles. The number of nitrogens with two attached hydrogens (primary N) is 1. The number of nitrogens with zero attached hydrogens (tertiary/aromatic N) is 1. The third-order valence-corrected chi connectivity index (χ3v) is 3.85. The van der Waals surface area contributed by atoms with Crippen LogP contribution in [0.15, 0.2) is 18.2 Å². The minimum Gasteiger partial charge on any atom is -0.323 e. The van der Waals surface area contributed by atoms with Crippen molar-refractivity contribution < 1.29 is 0 Å². The molecule has 1 saturated heterocycles. The first-order valence-corrected chi connectivity index (χ1v) is 6.60. The Labute approximate surface area is 105 Å². The Balaban J connectivity index is 1.96. The molecule has 0 radical (unpaired) electrons. The summed E-state index contributed by atoms with van der Waals surface area (Å²) in [5.74, 6) is 0. The molecule has 0 aliphatic carbocycles. The molecular weight excluding hydrogens is 208 g/mol. The van der Waals surface area contributed by atoms with Gasteiger partial charge in [0.1, 0.15) is 0 Å².